The average molecular weight is 213 g/mol. The van der Waals surface area contributed by atoms with Crippen LogP contribution in [0, 0.1) is 0 Å². The minimum absolute atomic E-state index is 1.05. The summed E-state index contributed by atoms with van der Waals surface area (Å²) < 4.78 is 0. The van der Waals surface area contributed by atoms with Gasteiger partial charge in [0, 0.05) is 18.5 Å². The molecule has 2 aromatic rings. The molecule has 0 bridgehead atoms. The molecule has 1 aromatic carbocycles. The molecule has 0 aliphatic carbocycles. The van der Waals surface area contributed by atoms with Crippen LogP contribution >= 0.6 is 0 Å². The van der Waals surface area contributed by atoms with E-state index in [2.05, 4.69) is 46.4 Å². The van der Waals surface area contributed by atoms with Crippen LogP contribution in [0.3, 0.4) is 0 Å². The number of fused-ring (bicyclic) bond motifs is 1. The van der Waals surface area contributed by atoms with Gasteiger partial charge in [-0.15, -0.1) is 0 Å². The molecular weight excluding hydrogens is 198 g/mol. The monoisotopic (exact) mass is 213 g/mol. The van der Waals surface area contributed by atoms with Gasteiger partial charge in [-0.2, -0.15) is 5.10 Å². The molecule has 16 heavy (non-hydrogen) atoms. The summed E-state index contributed by atoms with van der Waals surface area (Å²) in [6.45, 7) is 2.20. The van der Waals surface area contributed by atoms with Crippen LogP contribution in [-0.4, -0.2) is 35.2 Å². The van der Waals surface area contributed by atoms with E-state index in [9.17, 15) is 0 Å². The maximum atomic E-state index is 4.05. The van der Waals surface area contributed by atoms with Gasteiger partial charge in [0.2, 0.25) is 0 Å². The zero-order valence-corrected chi connectivity index (χ0v) is 9.40. The summed E-state index contributed by atoms with van der Waals surface area (Å²) in [6.07, 6.45) is 5.35. The van der Waals surface area contributed by atoms with Crippen molar-refractivity contribution in [3.05, 3.63) is 36.0 Å². The number of rotatable bonds is 1. The number of hydrogen-bond donors (Lipinski definition) is 1. The molecule has 0 unspecified atom stereocenters. The number of benzene rings is 1. The fraction of sp³-hybridized carbons (Fsp3) is 0.308. The summed E-state index contributed by atoms with van der Waals surface area (Å²) in [6, 6.07) is 6.50. The predicted octanol–water partition coefficient (Wildman–Crippen LogP) is 2.28. The highest BCUT2D eigenvalue weighted by Crippen LogP contribution is 2.24. The van der Waals surface area contributed by atoms with Gasteiger partial charge >= 0.3 is 0 Å². The van der Waals surface area contributed by atoms with Crippen molar-refractivity contribution in [2.24, 2.45) is 0 Å². The third-order valence-electron chi connectivity index (χ3n) is 3.22. The normalized spacial score (nSPS) is 17.7. The molecule has 0 radical (unpaired) electrons. The van der Waals surface area contributed by atoms with Gasteiger partial charge in [0.15, 0.2) is 0 Å². The summed E-state index contributed by atoms with van der Waals surface area (Å²) >= 11 is 0. The highest BCUT2D eigenvalue weighted by atomic mass is 15.1. The lowest BCUT2D eigenvalue weighted by Crippen LogP contribution is -2.23. The summed E-state index contributed by atoms with van der Waals surface area (Å²) in [5.41, 5.74) is 3.90. The van der Waals surface area contributed by atoms with Crippen molar-refractivity contribution in [1.29, 1.82) is 0 Å². The first-order valence-corrected chi connectivity index (χ1v) is 5.64. The largest absolute Gasteiger partial charge is 0.302 e. The van der Waals surface area contributed by atoms with Crippen LogP contribution in [0.25, 0.3) is 16.5 Å². The van der Waals surface area contributed by atoms with Gasteiger partial charge in [0.1, 0.15) is 0 Å². The number of aromatic amines is 1. The quantitative estimate of drug-likeness (QED) is 0.788. The van der Waals surface area contributed by atoms with Crippen LogP contribution in [-0.2, 0) is 0 Å². The Kier molecular flexibility index (Phi) is 2.26. The SMILES string of the molecule is CN1CC=C(c2ccc3[nH]ncc3c2)CC1. The Morgan fingerprint density at radius 3 is 3.12 bits per heavy atom. The Labute approximate surface area is 94.8 Å². The maximum absolute atomic E-state index is 4.05. The minimum atomic E-state index is 1.05. The van der Waals surface area contributed by atoms with E-state index in [-0.39, 0.29) is 0 Å². The molecule has 1 aromatic heterocycles. The molecule has 1 N–H and O–H groups in total. The van der Waals surface area contributed by atoms with Gasteiger partial charge in [-0.1, -0.05) is 12.1 Å². The number of nitrogens with zero attached hydrogens (tertiary/aromatic N) is 2. The van der Waals surface area contributed by atoms with Gasteiger partial charge in [-0.25, -0.2) is 0 Å². The fourth-order valence-corrected chi connectivity index (χ4v) is 2.18. The van der Waals surface area contributed by atoms with Crippen molar-refractivity contribution in [3.8, 4) is 0 Å². The zero-order chi connectivity index (χ0) is 11.0. The molecular formula is C13H15N3. The second-order valence-electron chi connectivity index (χ2n) is 4.41. The van der Waals surface area contributed by atoms with Crippen LogP contribution in [0.1, 0.15) is 12.0 Å². The molecule has 3 rings (SSSR count). The zero-order valence-electron chi connectivity index (χ0n) is 9.40. The lowest BCUT2D eigenvalue weighted by molar-refractivity contribution is 0.370. The molecule has 0 fully saturated rings. The fourth-order valence-electron chi connectivity index (χ4n) is 2.18. The third kappa shape index (κ3) is 1.63. The smallest absolute Gasteiger partial charge is 0.0650 e. The summed E-state index contributed by atoms with van der Waals surface area (Å²) in [4.78, 5) is 2.33. The molecule has 82 valence electrons. The van der Waals surface area contributed by atoms with Crippen molar-refractivity contribution in [3.63, 3.8) is 0 Å². The standard InChI is InChI=1S/C13H15N3/c1-16-6-4-10(5-7-16)11-2-3-13-12(8-11)9-14-15-13/h2-4,8-9H,5-7H2,1H3,(H,14,15). The highest BCUT2D eigenvalue weighted by Gasteiger charge is 2.09. The van der Waals surface area contributed by atoms with E-state index in [0.29, 0.717) is 0 Å². The lowest BCUT2D eigenvalue weighted by Gasteiger charge is -2.22. The second-order valence-corrected chi connectivity index (χ2v) is 4.41. The Morgan fingerprint density at radius 1 is 1.38 bits per heavy atom. The Morgan fingerprint density at radius 2 is 2.31 bits per heavy atom. The number of H-pyrrole nitrogens is 1. The molecule has 2 heterocycles. The van der Waals surface area contributed by atoms with E-state index >= 15 is 0 Å². The molecule has 0 spiro atoms. The number of likely N-dealkylation sites (N-methyl/N-ethyl adjacent to an activating group) is 1. The van der Waals surface area contributed by atoms with Crippen LogP contribution in [0.2, 0.25) is 0 Å². The Bertz CT molecular complexity index is 539. The van der Waals surface area contributed by atoms with E-state index in [1.807, 2.05) is 6.20 Å². The van der Waals surface area contributed by atoms with Crippen LogP contribution in [0.4, 0.5) is 0 Å². The van der Waals surface area contributed by atoms with Gasteiger partial charge in [0.25, 0.3) is 0 Å². The number of aromatic nitrogens is 2. The first-order chi connectivity index (χ1) is 7.83. The van der Waals surface area contributed by atoms with E-state index < -0.39 is 0 Å². The summed E-state index contributed by atoms with van der Waals surface area (Å²) in [5, 5.41) is 8.22. The maximum Gasteiger partial charge on any atom is 0.0650 e. The van der Waals surface area contributed by atoms with Gasteiger partial charge < -0.3 is 4.90 Å². The Hall–Kier alpha value is -1.61. The van der Waals surface area contributed by atoms with Crippen molar-refractivity contribution < 1.29 is 0 Å². The summed E-state index contributed by atoms with van der Waals surface area (Å²) in [5.74, 6) is 0. The minimum Gasteiger partial charge on any atom is -0.302 e. The van der Waals surface area contributed by atoms with E-state index in [4.69, 9.17) is 0 Å². The van der Waals surface area contributed by atoms with Crippen LogP contribution in [0.5, 0.6) is 0 Å². The number of hydrogen-bond acceptors (Lipinski definition) is 2. The molecule has 3 heteroatoms. The Balaban J connectivity index is 1.99. The predicted molar refractivity (Wildman–Crippen MR) is 66.2 cm³/mol. The van der Waals surface area contributed by atoms with E-state index in [0.717, 1.165) is 25.0 Å². The topological polar surface area (TPSA) is 31.9 Å². The van der Waals surface area contributed by atoms with Gasteiger partial charge in [0.05, 0.1) is 11.7 Å². The van der Waals surface area contributed by atoms with Gasteiger partial charge in [-0.3, -0.25) is 5.10 Å². The molecule has 0 amide bonds. The molecule has 0 atom stereocenters. The van der Waals surface area contributed by atoms with Crippen LogP contribution < -0.4 is 0 Å². The van der Waals surface area contributed by atoms with Crippen LogP contribution in [0.15, 0.2) is 30.5 Å². The summed E-state index contributed by atoms with van der Waals surface area (Å²) in [7, 11) is 2.16. The number of nitrogens with one attached hydrogen (secondary N) is 1. The van der Waals surface area contributed by atoms with Crippen molar-refractivity contribution in [2.45, 2.75) is 6.42 Å². The second kappa shape index (κ2) is 3.76. The highest BCUT2D eigenvalue weighted by molar-refractivity contribution is 5.83. The van der Waals surface area contributed by atoms with Crippen molar-refractivity contribution >= 4 is 16.5 Å². The lowest BCUT2D eigenvalue weighted by atomic mass is 9.99. The molecule has 0 saturated carbocycles. The first kappa shape index (κ1) is 9.60. The van der Waals surface area contributed by atoms with E-state index in [1.165, 1.54) is 16.5 Å². The van der Waals surface area contributed by atoms with Crippen molar-refractivity contribution in [1.82, 2.24) is 15.1 Å². The molecule has 0 saturated heterocycles. The van der Waals surface area contributed by atoms with Gasteiger partial charge in [-0.05, 0) is 36.7 Å². The van der Waals surface area contributed by atoms with Crippen molar-refractivity contribution in [2.75, 3.05) is 20.1 Å². The molecule has 1 aliphatic rings. The average Bonchev–Trinajstić information content (AvgIpc) is 2.77. The third-order valence-corrected chi connectivity index (χ3v) is 3.22. The first-order valence-electron chi connectivity index (χ1n) is 5.64. The van der Waals surface area contributed by atoms with E-state index in [1.54, 1.807) is 0 Å². The molecule has 3 nitrogen and oxygen atoms in total. The molecule has 1 aliphatic heterocycles.